The SMILES string of the molecule is CCCc1nc2ccccc2c(=O)n1CCCO. The quantitative estimate of drug-likeness (QED) is 0.874. The maximum Gasteiger partial charge on any atom is 0.261 e. The molecule has 0 amide bonds. The van der Waals surface area contributed by atoms with E-state index in [4.69, 9.17) is 5.11 Å². The Hall–Kier alpha value is -1.68. The number of nitrogens with zero attached hydrogens (tertiary/aromatic N) is 2. The van der Waals surface area contributed by atoms with Gasteiger partial charge < -0.3 is 5.11 Å². The smallest absolute Gasteiger partial charge is 0.261 e. The van der Waals surface area contributed by atoms with E-state index < -0.39 is 0 Å². The Morgan fingerprint density at radius 2 is 2.11 bits per heavy atom. The van der Waals surface area contributed by atoms with Crippen molar-refractivity contribution in [3.63, 3.8) is 0 Å². The normalized spacial score (nSPS) is 11.0. The zero-order valence-electron chi connectivity index (χ0n) is 10.6. The van der Waals surface area contributed by atoms with Gasteiger partial charge in [0, 0.05) is 19.6 Å². The first-order chi connectivity index (χ1) is 8.77. The van der Waals surface area contributed by atoms with Crippen molar-refractivity contribution in [2.75, 3.05) is 6.61 Å². The van der Waals surface area contributed by atoms with Crippen LogP contribution < -0.4 is 5.56 Å². The summed E-state index contributed by atoms with van der Waals surface area (Å²) in [6.45, 7) is 2.69. The molecule has 0 spiro atoms. The fourth-order valence-electron chi connectivity index (χ4n) is 2.09. The molecular weight excluding hydrogens is 228 g/mol. The van der Waals surface area contributed by atoms with Crippen LogP contribution in [0.25, 0.3) is 10.9 Å². The molecular formula is C14H18N2O2. The summed E-state index contributed by atoms with van der Waals surface area (Å²) in [6.07, 6.45) is 2.31. The van der Waals surface area contributed by atoms with E-state index >= 15 is 0 Å². The summed E-state index contributed by atoms with van der Waals surface area (Å²) in [7, 11) is 0. The molecule has 1 N–H and O–H groups in total. The molecule has 0 unspecified atom stereocenters. The van der Waals surface area contributed by atoms with Crippen LogP contribution in [0.4, 0.5) is 0 Å². The molecule has 0 saturated heterocycles. The van der Waals surface area contributed by atoms with Gasteiger partial charge in [0.25, 0.3) is 5.56 Å². The number of aliphatic hydroxyl groups is 1. The zero-order chi connectivity index (χ0) is 13.0. The molecule has 0 radical (unpaired) electrons. The average Bonchev–Trinajstić information content (AvgIpc) is 2.39. The molecule has 1 heterocycles. The van der Waals surface area contributed by atoms with Gasteiger partial charge in [0.2, 0.25) is 0 Å². The van der Waals surface area contributed by atoms with E-state index in [1.54, 1.807) is 10.6 Å². The Bertz CT molecular complexity index is 590. The van der Waals surface area contributed by atoms with Gasteiger partial charge in [0.15, 0.2) is 0 Å². The van der Waals surface area contributed by atoms with E-state index in [2.05, 4.69) is 11.9 Å². The number of rotatable bonds is 5. The molecule has 0 aliphatic heterocycles. The van der Waals surface area contributed by atoms with Gasteiger partial charge in [-0.2, -0.15) is 0 Å². The van der Waals surface area contributed by atoms with Crippen molar-refractivity contribution < 1.29 is 5.11 Å². The van der Waals surface area contributed by atoms with Gasteiger partial charge in [-0.1, -0.05) is 19.1 Å². The van der Waals surface area contributed by atoms with Crippen LogP contribution in [0.1, 0.15) is 25.6 Å². The number of hydrogen-bond donors (Lipinski definition) is 1. The highest BCUT2D eigenvalue weighted by Gasteiger charge is 2.09. The van der Waals surface area contributed by atoms with Crippen molar-refractivity contribution in [2.24, 2.45) is 0 Å². The first kappa shape index (κ1) is 12.8. The lowest BCUT2D eigenvalue weighted by Crippen LogP contribution is -2.26. The van der Waals surface area contributed by atoms with Crippen LogP contribution in [0.5, 0.6) is 0 Å². The minimum absolute atomic E-state index is 0.00231. The molecule has 4 heteroatoms. The maximum atomic E-state index is 12.4. The lowest BCUT2D eigenvalue weighted by atomic mass is 10.2. The van der Waals surface area contributed by atoms with E-state index in [0.29, 0.717) is 18.4 Å². The number of hydrogen-bond acceptors (Lipinski definition) is 3. The van der Waals surface area contributed by atoms with Gasteiger partial charge >= 0.3 is 0 Å². The van der Waals surface area contributed by atoms with Gasteiger partial charge in [0.05, 0.1) is 10.9 Å². The van der Waals surface area contributed by atoms with Crippen molar-refractivity contribution in [1.82, 2.24) is 9.55 Å². The van der Waals surface area contributed by atoms with E-state index in [-0.39, 0.29) is 12.2 Å². The van der Waals surface area contributed by atoms with Crippen LogP contribution >= 0.6 is 0 Å². The second-order valence-corrected chi connectivity index (χ2v) is 4.33. The highest BCUT2D eigenvalue weighted by Crippen LogP contribution is 2.09. The molecule has 2 rings (SSSR count). The summed E-state index contributed by atoms with van der Waals surface area (Å²) in [5, 5.41) is 9.57. The summed E-state index contributed by atoms with van der Waals surface area (Å²) in [5.41, 5.74) is 0.753. The van der Waals surface area contributed by atoms with Crippen LogP contribution in [0.3, 0.4) is 0 Å². The Morgan fingerprint density at radius 1 is 1.33 bits per heavy atom. The van der Waals surface area contributed by atoms with Gasteiger partial charge in [-0.05, 0) is 25.0 Å². The van der Waals surface area contributed by atoms with Gasteiger partial charge in [-0.25, -0.2) is 4.98 Å². The van der Waals surface area contributed by atoms with Gasteiger partial charge in [0.1, 0.15) is 5.82 Å². The van der Waals surface area contributed by atoms with Gasteiger partial charge in [-0.15, -0.1) is 0 Å². The summed E-state index contributed by atoms with van der Waals surface area (Å²) in [5.74, 6) is 0.814. The standard InChI is InChI=1S/C14H18N2O2/c1-2-6-13-15-12-8-4-3-7-11(12)14(18)16(13)9-5-10-17/h3-4,7-8,17H,2,5-6,9-10H2,1H3. The fourth-order valence-corrected chi connectivity index (χ4v) is 2.09. The van der Waals surface area contributed by atoms with Crippen molar-refractivity contribution >= 4 is 10.9 Å². The Kier molecular flexibility index (Phi) is 4.10. The Labute approximate surface area is 106 Å². The summed E-state index contributed by atoms with van der Waals surface area (Å²) < 4.78 is 1.70. The molecule has 96 valence electrons. The monoisotopic (exact) mass is 246 g/mol. The molecule has 0 saturated carbocycles. The topological polar surface area (TPSA) is 55.1 Å². The first-order valence-corrected chi connectivity index (χ1v) is 6.37. The van der Waals surface area contributed by atoms with Crippen molar-refractivity contribution in [1.29, 1.82) is 0 Å². The lowest BCUT2D eigenvalue weighted by Gasteiger charge is -2.12. The number of aryl methyl sites for hydroxylation is 1. The number of aliphatic hydroxyl groups excluding tert-OH is 1. The summed E-state index contributed by atoms with van der Waals surface area (Å²) in [6, 6.07) is 7.41. The molecule has 2 aromatic rings. The van der Waals surface area contributed by atoms with E-state index in [0.717, 1.165) is 24.2 Å². The molecule has 0 bridgehead atoms. The maximum absolute atomic E-state index is 12.4. The average molecular weight is 246 g/mol. The van der Waals surface area contributed by atoms with Crippen LogP contribution in [0.15, 0.2) is 29.1 Å². The molecule has 1 aromatic heterocycles. The number of fused-ring (bicyclic) bond motifs is 1. The molecule has 18 heavy (non-hydrogen) atoms. The van der Waals surface area contributed by atoms with Crippen LogP contribution in [0, 0.1) is 0 Å². The highest BCUT2D eigenvalue weighted by atomic mass is 16.3. The molecule has 0 fully saturated rings. The first-order valence-electron chi connectivity index (χ1n) is 6.37. The third kappa shape index (κ3) is 2.43. The minimum atomic E-state index is -0.00231. The zero-order valence-corrected chi connectivity index (χ0v) is 10.6. The Morgan fingerprint density at radius 3 is 2.83 bits per heavy atom. The predicted octanol–water partition coefficient (Wildman–Crippen LogP) is 1.73. The molecule has 0 aliphatic carbocycles. The molecule has 0 aliphatic rings. The highest BCUT2D eigenvalue weighted by molar-refractivity contribution is 5.77. The van der Waals surface area contributed by atoms with Crippen molar-refractivity contribution in [2.45, 2.75) is 32.7 Å². The predicted molar refractivity (Wildman–Crippen MR) is 71.7 cm³/mol. The molecule has 1 aromatic carbocycles. The summed E-state index contributed by atoms with van der Waals surface area (Å²) in [4.78, 5) is 16.9. The summed E-state index contributed by atoms with van der Waals surface area (Å²) >= 11 is 0. The van der Waals surface area contributed by atoms with Gasteiger partial charge in [-0.3, -0.25) is 9.36 Å². The number of benzene rings is 1. The second-order valence-electron chi connectivity index (χ2n) is 4.33. The third-order valence-corrected chi connectivity index (χ3v) is 2.95. The van der Waals surface area contributed by atoms with E-state index in [1.807, 2.05) is 18.2 Å². The fraction of sp³-hybridized carbons (Fsp3) is 0.429. The minimum Gasteiger partial charge on any atom is -0.396 e. The third-order valence-electron chi connectivity index (χ3n) is 2.95. The largest absolute Gasteiger partial charge is 0.396 e. The number of aromatic nitrogens is 2. The van der Waals surface area contributed by atoms with E-state index in [1.165, 1.54) is 0 Å². The van der Waals surface area contributed by atoms with E-state index in [9.17, 15) is 4.79 Å². The lowest BCUT2D eigenvalue weighted by molar-refractivity contribution is 0.278. The Balaban J connectivity index is 2.59. The van der Waals surface area contributed by atoms with Crippen LogP contribution in [-0.4, -0.2) is 21.3 Å². The second kappa shape index (κ2) is 5.78. The van der Waals surface area contributed by atoms with Crippen LogP contribution in [-0.2, 0) is 13.0 Å². The molecule has 0 atom stereocenters. The number of para-hydroxylation sites is 1. The van der Waals surface area contributed by atoms with Crippen molar-refractivity contribution in [3.8, 4) is 0 Å². The molecule has 4 nitrogen and oxygen atoms in total. The van der Waals surface area contributed by atoms with Crippen molar-refractivity contribution in [3.05, 3.63) is 40.4 Å². The van der Waals surface area contributed by atoms with Crippen LogP contribution in [0.2, 0.25) is 0 Å².